The third-order valence-corrected chi connectivity index (χ3v) is 5.71. The molecule has 146 valence electrons. The first-order valence-corrected chi connectivity index (χ1v) is 11.0. The Balaban J connectivity index is 1.97. The molecular formula is C21H22BrN3O2S. The number of halogens is 1. The summed E-state index contributed by atoms with van der Waals surface area (Å²) < 4.78 is 2.39. The molecule has 5 nitrogen and oxygen atoms in total. The number of rotatable bonds is 7. The highest BCUT2D eigenvalue weighted by Gasteiger charge is 2.15. The molecule has 0 saturated heterocycles. The van der Waals surface area contributed by atoms with Crippen LogP contribution in [0.1, 0.15) is 26.7 Å². The minimum atomic E-state index is -0.153. The summed E-state index contributed by atoms with van der Waals surface area (Å²) in [6.45, 7) is 4.09. The summed E-state index contributed by atoms with van der Waals surface area (Å²) >= 11 is 4.69. The third-order valence-electron chi connectivity index (χ3n) is 4.28. The van der Waals surface area contributed by atoms with E-state index >= 15 is 0 Å². The number of amides is 1. The van der Waals surface area contributed by atoms with Crippen LogP contribution in [-0.2, 0) is 4.79 Å². The molecule has 3 rings (SSSR count). The Kier molecular flexibility index (Phi) is 6.91. The molecule has 0 aliphatic heterocycles. The Labute approximate surface area is 176 Å². The Morgan fingerprint density at radius 1 is 1.25 bits per heavy atom. The fourth-order valence-electron chi connectivity index (χ4n) is 2.99. The Morgan fingerprint density at radius 3 is 2.71 bits per heavy atom. The maximum Gasteiger partial charge on any atom is 0.266 e. The number of hydrogen-bond donors (Lipinski definition) is 1. The molecule has 1 atom stereocenters. The van der Waals surface area contributed by atoms with Gasteiger partial charge in [0.2, 0.25) is 5.91 Å². The number of benzene rings is 2. The van der Waals surface area contributed by atoms with Gasteiger partial charge in [-0.15, -0.1) is 0 Å². The summed E-state index contributed by atoms with van der Waals surface area (Å²) in [5.74, 6) is 0.144. The molecule has 0 fully saturated rings. The summed E-state index contributed by atoms with van der Waals surface area (Å²) in [6, 6.07) is 14.9. The van der Waals surface area contributed by atoms with Gasteiger partial charge in [0.05, 0.1) is 22.3 Å². The van der Waals surface area contributed by atoms with E-state index in [0.717, 1.165) is 23.0 Å². The second kappa shape index (κ2) is 9.39. The van der Waals surface area contributed by atoms with Gasteiger partial charge in [0.25, 0.3) is 5.56 Å². The number of hydrogen-bond acceptors (Lipinski definition) is 4. The van der Waals surface area contributed by atoms with Gasteiger partial charge in [0, 0.05) is 10.5 Å². The number of carbonyl (C=O) groups is 1. The van der Waals surface area contributed by atoms with Gasteiger partial charge in [-0.3, -0.25) is 14.2 Å². The fourth-order valence-corrected chi connectivity index (χ4v) is 4.18. The Bertz CT molecular complexity index is 1040. The SMILES string of the molecule is CCC[C@H](C)NC(=O)CSc1nc2ccc(Br)cc2c(=O)n1-c1ccccc1. The second-order valence-electron chi connectivity index (χ2n) is 6.58. The number of thioether (sulfide) groups is 1. The zero-order valence-corrected chi connectivity index (χ0v) is 18.2. The molecule has 3 aromatic rings. The van der Waals surface area contributed by atoms with E-state index in [0.29, 0.717) is 16.1 Å². The quantitative estimate of drug-likeness (QED) is 0.415. The molecule has 2 aromatic carbocycles. The van der Waals surface area contributed by atoms with Crippen LogP contribution in [0.25, 0.3) is 16.6 Å². The van der Waals surface area contributed by atoms with Gasteiger partial charge in [-0.05, 0) is 43.7 Å². The van der Waals surface area contributed by atoms with Gasteiger partial charge >= 0.3 is 0 Å². The zero-order chi connectivity index (χ0) is 20.1. The average molecular weight is 460 g/mol. The molecule has 0 aliphatic rings. The molecule has 0 aliphatic carbocycles. The topological polar surface area (TPSA) is 64.0 Å². The van der Waals surface area contributed by atoms with E-state index in [1.807, 2.05) is 49.4 Å². The first-order chi connectivity index (χ1) is 13.5. The predicted octanol–water partition coefficient (Wildman–Crippen LogP) is 4.55. The lowest BCUT2D eigenvalue weighted by molar-refractivity contribution is -0.119. The van der Waals surface area contributed by atoms with Crippen molar-refractivity contribution in [3.05, 3.63) is 63.4 Å². The van der Waals surface area contributed by atoms with Crippen molar-refractivity contribution >= 4 is 44.5 Å². The molecule has 28 heavy (non-hydrogen) atoms. The standard InChI is InChI=1S/C21H22BrN3O2S/c1-3-7-14(2)23-19(26)13-28-21-24-18-11-10-15(22)12-17(18)20(27)25(21)16-8-5-4-6-9-16/h4-6,8-12,14H,3,7,13H2,1-2H3,(H,23,26)/t14-/m0/s1. The van der Waals surface area contributed by atoms with Gasteiger partial charge in [0.15, 0.2) is 5.16 Å². The van der Waals surface area contributed by atoms with Crippen molar-refractivity contribution in [1.29, 1.82) is 0 Å². The summed E-state index contributed by atoms with van der Waals surface area (Å²) in [5, 5.41) is 4.02. The van der Waals surface area contributed by atoms with Gasteiger partial charge in [0.1, 0.15) is 0 Å². The largest absolute Gasteiger partial charge is 0.353 e. The zero-order valence-electron chi connectivity index (χ0n) is 15.8. The first-order valence-electron chi connectivity index (χ1n) is 9.19. The molecule has 1 heterocycles. The van der Waals surface area contributed by atoms with E-state index in [1.54, 1.807) is 10.6 Å². The predicted molar refractivity (Wildman–Crippen MR) is 118 cm³/mol. The molecule has 0 unspecified atom stereocenters. The summed E-state index contributed by atoms with van der Waals surface area (Å²) in [5.41, 5.74) is 1.19. The van der Waals surface area contributed by atoms with Crippen LogP contribution in [-0.4, -0.2) is 27.3 Å². The maximum atomic E-state index is 13.2. The van der Waals surface area contributed by atoms with E-state index in [-0.39, 0.29) is 23.3 Å². The molecule has 0 saturated carbocycles. The van der Waals surface area contributed by atoms with Crippen molar-refractivity contribution in [3.8, 4) is 5.69 Å². The smallest absolute Gasteiger partial charge is 0.266 e. The molecule has 7 heteroatoms. The molecule has 0 bridgehead atoms. The van der Waals surface area contributed by atoms with Crippen LogP contribution in [0.2, 0.25) is 0 Å². The van der Waals surface area contributed by atoms with Crippen LogP contribution in [0, 0.1) is 0 Å². The minimum absolute atomic E-state index is 0.0595. The highest BCUT2D eigenvalue weighted by molar-refractivity contribution is 9.10. The highest BCUT2D eigenvalue weighted by Crippen LogP contribution is 2.23. The number of nitrogens with one attached hydrogen (secondary N) is 1. The average Bonchev–Trinajstić information content (AvgIpc) is 2.68. The normalized spacial score (nSPS) is 12.1. The van der Waals surface area contributed by atoms with Crippen LogP contribution >= 0.6 is 27.7 Å². The number of para-hydroxylation sites is 1. The lowest BCUT2D eigenvalue weighted by Crippen LogP contribution is -2.34. The fraction of sp³-hybridized carbons (Fsp3) is 0.286. The van der Waals surface area contributed by atoms with Crippen molar-refractivity contribution < 1.29 is 4.79 Å². The molecular weight excluding hydrogens is 438 g/mol. The van der Waals surface area contributed by atoms with E-state index in [4.69, 9.17) is 0 Å². The number of carbonyl (C=O) groups excluding carboxylic acids is 1. The van der Waals surface area contributed by atoms with Crippen LogP contribution in [0.4, 0.5) is 0 Å². The maximum absolute atomic E-state index is 13.2. The molecule has 0 radical (unpaired) electrons. The Morgan fingerprint density at radius 2 is 2.00 bits per heavy atom. The van der Waals surface area contributed by atoms with E-state index in [9.17, 15) is 9.59 Å². The van der Waals surface area contributed by atoms with Crippen molar-refractivity contribution in [2.24, 2.45) is 0 Å². The van der Waals surface area contributed by atoms with E-state index in [1.165, 1.54) is 11.8 Å². The van der Waals surface area contributed by atoms with Gasteiger partial charge in [-0.2, -0.15) is 0 Å². The first kappa shape index (κ1) is 20.6. The number of aromatic nitrogens is 2. The molecule has 1 aromatic heterocycles. The van der Waals surface area contributed by atoms with Crippen LogP contribution < -0.4 is 10.9 Å². The monoisotopic (exact) mass is 459 g/mol. The van der Waals surface area contributed by atoms with Gasteiger partial charge in [-0.1, -0.05) is 59.2 Å². The van der Waals surface area contributed by atoms with Crippen molar-refractivity contribution in [2.45, 2.75) is 37.9 Å². The Hall–Kier alpha value is -2.12. The lowest BCUT2D eigenvalue weighted by atomic mass is 10.2. The van der Waals surface area contributed by atoms with Crippen LogP contribution in [0.5, 0.6) is 0 Å². The van der Waals surface area contributed by atoms with Crippen molar-refractivity contribution in [1.82, 2.24) is 14.9 Å². The van der Waals surface area contributed by atoms with E-state index < -0.39 is 0 Å². The van der Waals surface area contributed by atoms with Gasteiger partial charge in [-0.25, -0.2) is 4.98 Å². The van der Waals surface area contributed by atoms with Gasteiger partial charge < -0.3 is 5.32 Å². The van der Waals surface area contributed by atoms with Crippen LogP contribution in [0.3, 0.4) is 0 Å². The number of nitrogens with zero attached hydrogens (tertiary/aromatic N) is 2. The third kappa shape index (κ3) is 4.83. The molecule has 1 amide bonds. The minimum Gasteiger partial charge on any atom is -0.353 e. The summed E-state index contributed by atoms with van der Waals surface area (Å²) in [7, 11) is 0. The second-order valence-corrected chi connectivity index (χ2v) is 8.44. The molecule has 1 N–H and O–H groups in total. The van der Waals surface area contributed by atoms with Crippen LogP contribution in [0.15, 0.2) is 63.0 Å². The van der Waals surface area contributed by atoms with Crippen molar-refractivity contribution in [3.63, 3.8) is 0 Å². The van der Waals surface area contributed by atoms with E-state index in [2.05, 4.69) is 33.2 Å². The highest BCUT2D eigenvalue weighted by atomic mass is 79.9. The lowest BCUT2D eigenvalue weighted by Gasteiger charge is -2.15. The number of fused-ring (bicyclic) bond motifs is 1. The van der Waals surface area contributed by atoms with Crippen molar-refractivity contribution in [2.75, 3.05) is 5.75 Å². The summed E-state index contributed by atoms with van der Waals surface area (Å²) in [4.78, 5) is 30.2. The molecule has 0 spiro atoms. The summed E-state index contributed by atoms with van der Waals surface area (Å²) in [6.07, 6.45) is 1.96.